The molecule has 0 saturated carbocycles. The number of ether oxygens (including phenoxy) is 1. The molecule has 5 heteroatoms. The van der Waals surface area contributed by atoms with Gasteiger partial charge in [0.1, 0.15) is 5.82 Å². The number of rotatable bonds is 3. The van der Waals surface area contributed by atoms with Gasteiger partial charge in [-0.3, -0.25) is 9.78 Å². The van der Waals surface area contributed by atoms with Crippen molar-refractivity contribution in [2.75, 3.05) is 0 Å². The Hall–Kier alpha value is -3.60. The quantitative estimate of drug-likeness (QED) is 0.392. The summed E-state index contributed by atoms with van der Waals surface area (Å²) >= 11 is 0. The molecule has 2 aromatic carbocycles. The average Bonchev–Trinajstić information content (AvgIpc) is 2.86. The first-order chi connectivity index (χ1) is 13.7. The summed E-state index contributed by atoms with van der Waals surface area (Å²) in [6, 6.07) is 15.4. The summed E-state index contributed by atoms with van der Waals surface area (Å²) in [6.45, 7) is 0.120. The van der Waals surface area contributed by atoms with Crippen LogP contribution in [0.4, 0.5) is 4.39 Å². The predicted octanol–water partition coefficient (Wildman–Crippen LogP) is 4.22. The molecule has 1 aromatic heterocycles. The molecule has 3 aromatic rings. The van der Waals surface area contributed by atoms with E-state index in [1.807, 2.05) is 18.2 Å². The molecule has 0 aliphatic heterocycles. The lowest BCUT2D eigenvalue weighted by Crippen LogP contribution is -2.05. The van der Waals surface area contributed by atoms with Crippen LogP contribution in [0.1, 0.15) is 38.3 Å². The van der Waals surface area contributed by atoms with E-state index in [-0.39, 0.29) is 17.9 Å². The van der Waals surface area contributed by atoms with Crippen LogP contribution in [0.2, 0.25) is 0 Å². The molecule has 0 atom stereocenters. The van der Waals surface area contributed by atoms with Gasteiger partial charge in [-0.25, -0.2) is 9.18 Å². The van der Waals surface area contributed by atoms with Gasteiger partial charge in [-0.1, -0.05) is 30.3 Å². The number of aryl methyl sites for hydroxylation is 2. The van der Waals surface area contributed by atoms with Gasteiger partial charge >= 0.3 is 12.4 Å². The number of hydrogen-bond acceptors (Lipinski definition) is 4. The van der Waals surface area contributed by atoms with E-state index in [1.165, 1.54) is 6.07 Å². The van der Waals surface area contributed by atoms with Crippen LogP contribution >= 0.6 is 0 Å². The van der Waals surface area contributed by atoms with Crippen LogP contribution < -0.4 is 0 Å². The Morgan fingerprint density at radius 1 is 1.04 bits per heavy atom. The Morgan fingerprint density at radius 3 is 2.75 bits per heavy atom. The Labute approximate surface area is 161 Å². The van der Waals surface area contributed by atoms with Crippen molar-refractivity contribution < 1.29 is 18.7 Å². The molecule has 1 heterocycles. The van der Waals surface area contributed by atoms with Gasteiger partial charge < -0.3 is 4.74 Å². The number of benzene rings is 2. The van der Waals surface area contributed by atoms with Crippen molar-refractivity contribution in [3.05, 3.63) is 100 Å². The maximum absolute atomic E-state index is 13.8. The number of halogens is 1. The molecular weight excluding hydrogens is 357 g/mol. The summed E-state index contributed by atoms with van der Waals surface area (Å²) in [5.74, 6) is -1.01. The molecule has 0 amide bonds. The van der Waals surface area contributed by atoms with Crippen LogP contribution in [0.25, 0.3) is 11.6 Å². The highest BCUT2D eigenvalue weighted by Gasteiger charge is 2.20. The highest BCUT2D eigenvalue weighted by atomic mass is 19.1. The number of fused-ring (bicyclic) bond motifs is 2. The first-order valence-electron chi connectivity index (χ1n) is 8.86. The van der Waals surface area contributed by atoms with Crippen molar-refractivity contribution >= 4 is 24.1 Å². The fourth-order valence-corrected chi connectivity index (χ4v) is 3.54. The van der Waals surface area contributed by atoms with E-state index in [1.54, 1.807) is 42.6 Å². The van der Waals surface area contributed by atoms with Gasteiger partial charge in [0, 0.05) is 17.5 Å². The van der Waals surface area contributed by atoms with E-state index in [9.17, 15) is 14.0 Å². The van der Waals surface area contributed by atoms with Gasteiger partial charge in [-0.15, -0.1) is 0 Å². The Kier molecular flexibility index (Phi) is 4.81. The molecule has 0 fully saturated rings. The van der Waals surface area contributed by atoms with Crippen molar-refractivity contribution in [2.45, 2.75) is 12.8 Å². The molecule has 4 rings (SSSR count). The van der Waals surface area contributed by atoms with E-state index < -0.39 is 5.97 Å². The summed E-state index contributed by atoms with van der Waals surface area (Å²) in [5.41, 5.74) is 5.37. The molecule has 4 nitrogen and oxygen atoms in total. The molecule has 1 aliphatic carbocycles. The molecule has 0 N–H and O–H groups in total. The molecule has 0 saturated heterocycles. The summed E-state index contributed by atoms with van der Waals surface area (Å²) in [4.78, 5) is 27.2. The number of carbonyl (C=O) groups excluding carboxylic acids is 2. The molecule has 138 valence electrons. The lowest BCUT2D eigenvalue weighted by atomic mass is 9.92. The minimum Gasteiger partial charge on any atom is -0.392 e. The van der Waals surface area contributed by atoms with E-state index in [0.717, 1.165) is 28.0 Å². The second kappa shape index (κ2) is 7.56. The Bertz CT molecular complexity index is 1100. The molecule has 0 radical (unpaired) electrons. The van der Waals surface area contributed by atoms with Crippen molar-refractivity contribution in [1.29, 1.82) is 0 Å². The van der Waals surface area contributed by atoms with Crippen molar-refractivity contribution in [3.8, 4) is 0 Å². The van der Waals surface area contributed by atoms with Gasteiger partial charge in [0.05, 0.1) is 5.56 Å². The van der Waals surface area contributed by atoms with E-state index >= 15 is 0 Å². The van der Waals surface area contributed by atoms with Gasteiger partial charge in [0.2, 0.25) is 0 Å². The SMILES string of the molecule is O=COC(=O)c1ccccc1/C=C1\c2ccc(F)cc2CCc2ncccc21. The van der Waals surface area contributed by atoms with Crippen LogP contribution in [0, 0.1) is 5.82 Å². The van der Waals surface area contributed by atoms with E-state index in [4.69, 9.17) is 0 Å². The molecule has 0 unspecified atom stereocenters. The zero-order valence-electron chi connectivity index (χ0n) is 14.9. The predicted molar refractivity (Wildman–Crippen MR) is 103 cm³/mol. The third kappa shape index (κ3) is 3.34. The topological polar surface area (TPSA) is 56.3 Å². The minimum absolute atomic E-state index is 0.120. The number of esters is 1. The van der Waals surface area contributed by atoms with Crippen molar-refractivity contribution in [2.24, 2.45) is 0 Å². The normalized spacial score (nSPS) is 14.0. The van der Waals surface area contributed by atoms with Crippen LogP contribution in [-0.2, 0) is 22.4 Å². The number of carbonyl (C=O) groups is 2. The van der Waals surface area contributed by atoms with E-state index in [2.05, 4.69) is 9.72 Å². The third-order valence-corrected chi connectivity index (χ3v) is 4.80. The second-order valence-electron chi connectivity index (χ2n) is 6.45. The summed E-state index contributed by atoms with van der Waals surface area (Å²) in [5, 5.41) is 0. The lowest BCUT2D eigenvalue weighted by Gasteiger charge is -2.13. The molecule has 1 aliphatic rings. The molecule has 0 spiro atoms. The molecule has 28 heavy (non-hydrogen) atoms. The zero-order valence-corrected chi connectivity index (χ0v) is 14.9. The summed E-state index contributed by atoms with van der Waals surface area (Å²) in [7, 11) is 0. The highest BCUT2D eigenvalue weighted by molar-refractivity contribution is 6.01. The van der Waals surface area contributed by atoms with Gasteiger partial charge in [0.15, 0.2) is 0 Å². The third-order valence-electron chi connectivity index (χ3n) is 4.80. The lowest BCUT2D eigenvalue weighted by molar-refractivity contribution is -0.123. The van der Waals surface area contributed by atoms with Crippen molar-refractivity contribution in [1.82, 2.24) is 4.98 Å². The largest absolute Gasteiger partial charge is 0.392 e. The van der Waals surface area contributed by atoms with Gasteiger partial charge in [0.25, 0.3) is 0 Å². The maximum Gasteiger partial charge on any atom is 0.346 e. The Morgan fingerprint density at radius 2 is 1.89 bits per heavy atom. The van der Waals surface area contributed by atoms with Crippen molar-refractivity contribution in [3.63, 3.8) is 0 Å². The number of hydrogen-bond donors (Lipinski definition) is 0. The van der Waals surface area contributed by atoms with Crippen LogP contribution in [0.5, 0.6) is 0 Å². The first-order valence-corrected chi connectivity index (χ1v) is 8.86. The van der Waals surface area contributed by atoms with Crippen LogP contribution in [-0.4, -0.2) is 17.4 Å². The summed E-state index contributed by atoms with van der Waals surface area (Å²) in [6.07, 6.45) is 4.97. The first kappa shape index (κ1) is 17.8. The highest BCUT2D eigenvalue weighted by Crippen LogP contribution is 2.35. The average molecular weight is 373 g/mol. The fraction of sp³-hybridized carbons (Fsp3) is 0.0870. The maximum atomic E-state index is 13.8. The van der Waals surface area contributed by atoms with Gasteiger partial charge in [-0.05, 0) is 65.4 Å². The smallest absolute Gasteiger partial charge is 0.346 e. The molecular formula is C23H16FNO3. The van der Waals surface area contributed by atoms with Gasteiger partial charge in [-0.2, -0.15) is 0 Å². The molecule has 0 bridgehead atoms. The van der Waals surface area contributed by atoms with Crippen LogP contribution in [0.15, 0.2) is 60.8 Å². The second-order valence-corrected chi connectivity index (χ2v) is 6.45. The van der Waals surface area contributed by atoms with Crippen LogP contribution in [0.3, 0.4) is 0 Å². The van der Waals surface area contributed by atoms with E-state index in [0.29, 0.717) is 18.4 Å². The number of pyridine rings is 1. The minimum atomic E-state index is -0.721. The summed E-state index contributed by atoms with van der Waals surface area (Å²) < 4.78 is 18.4. The monoisotopic (exact) mass is 373 g/mol. The number of aromatic nitrogens is 1. The fourth-order valence-electron chi connectivity index (χ4n) is 3.54. The Balaban J connectivity index is 1.95. The number of nitrogens with zero attached hydrogens (tertiary/aromatic N) is 1. The zero-order chi connectivity index (χ0) is 19.5. The standard InChI is InChI=1S/C23H16FNO3/c24-17-8-9-18-16(12-17)7-10-22-20(6-3-11-25-22)21(18)13-15-4-1-2-5-19(15)23(27)28-14-26/h1-6,8-9,11-14H,7,10H2/b21-13+.